The summed E-state index contributed by atoms with van der Waals surface area (Å²) in [6, 6.07) is 60.9. The number of nitrogens with zero attached hydrogens (tertiary/aromatic N) is 2. The minimum atomic E-state index is 0.717. The number of rotatable bonds is 4. The fourth-order valence-electron chi connectivity index (χ4n) is 7.27. The molecule has 49 heavy (non-hydrogen) atoms. The summed E-state index contributed by atoms with van der Waals surface area (Å²) in [5.41, 5.74) is 7.40. The van der Waals surface area contributed by atoms with Crippen molar-refractivity contribution < 1.29 is 0 Å². The molecule has 0 unspecified atom stereocenters. The lowest BCUT2D eigenvalue weighted by Crippen LogP contribution is -1.97. The second-order valence-electron chi connectivity index (χ2n) is 12.6. The van der Waals surface area contributed by atoms with Gasteiger partial charge in [-0.05, 0) is 73.8 Å². The van der Waals surface area contributed by atoms with Crippen LogP contribution in [-0.2, 0) is 0 Å². The molecule has 0 spiro atoms. The first-order valence-corrected chi connectivity index (χ1v) is 17.4. The van der Waals surface area contributed by atoms with Gasteiger partial charge in [-0.15, -0.1) is 11.3 Å². The molecule has 0 saturated heterocycles. The van der Waals surface area contributed by atoms with Crippen molar-refractivity contribution >= 4 is 63.8 Å². The summed E-state index contributed by atoms with van der Waals surface area (Å²) in [7, 11) is 0. The van der Waals surface area contributed by atoms with E-state index in [4.69, 9.17) is 9.97 Å². The van der Waals surface area contributed by atoms with Crippen LogP contribution in [-0.4, -0.2) is 9.97 Å². The third-order valence-corrected chi connectivity index (χ3v) is 10.8. The minimum absolute atomic E-state index is 0.717. The lowest BCUT2D eigenvalue weighted by atomic mass is 9.91. The van der Waals surface area contributed by atoms with Crippen molar-refractivity contribution in [2.24, 2.45) is 0 Å². The van der Waals surface area contributed by atoms with E-state index in [0.717, 1.165) is 28.1 Å². The second kappa shape index (κ2) is 11.2. The van der Waals surface area contributed by atoms with Gasteiger partial charge in [0.1, 0.15) is 0 Å². The summed E-state index contributed by atoms with van der Waals surface area (Å²) >= 11 is 1.85. The molecule has 0 radical (unpaired) electrons. The molecule has 10 rings (SSSR count). The average molecular weight is 641 g/mol. The predicted octanol–water partition coefficient (Wildman–Crippen LogP) is 13.0. The average Bonchev–Trinajstić information content (AvgIpc) is 3.55. The van der Waals surface area contributed by atoms with Gasteiger partial charge in [-0.2, -0.15) is 0 Å². The molecule has 0 N–H and O–H groups in total. The number of thiophene rings is 1. The van der Waals surface area contributed by atoms with Gasteiger partial charge in [-0.25, -0.2) is 9.97 Å². The lowest BCUT2D eigenvalue weighted by Gasteiger charge is -2.15. The van der Waals surface area contributed by atoms with Crippen LogP contribution in [0.15, 0.2) is 170 Å². The quantitative estimate of drug-likeness (QED) is 0.141. The van der Waals surface area contributed by atoms with E-state index in [9.17, 15) is 0 Å². The lowest BCUT2D eigenvalue weighted by molar-refractivity contribution is 1.19. The molecule has 2 heterocycles. The molecule has 2 nitrogen and oxygen atoms in total. The van der Waals surface area contributed by atoms with E-state index < -0.39 is 0 Å². The molecule has 0 amide bonds. The summed E-state index contributed by atoms with van der Waals surface area (Å²) in [6.45, 7) is 0. The van der Waals surface area contributed by atoms with Gasteiger partial charge in [-0.3, -0.25) is 0 Å². The SMILES string of the molecule is c1ccc(-c2nc(-c3ccc(-c4ccc5sc6ccccc6c5c4)cc3)cc(-c3c4ccccc4cc4c3ccc3ccccc34)n2)cc1. The third kappa shape index (κ3) is 4.70. The van der Waals surface area contributed by atoms with Crippen LogP contribution < -0.4 is 0 Å². The Morgan fingerprint density at radius 3 is 1.84 bits per heavy atom. The standard InChI is InChI=1S/C46H28N2S/c1-2-11-32(12-3-1)46-47-41(31-20-18-29(19-21-31)33-23-25-44-40(26-33)37-16-8-9-17-43(37)49-44)28-42(48-46)45-36-15-7-5-13-34(36)27-39-35-14-6-4-10-30(35)22-24-38(39)45/h1-28H. The first-order valence-electron chi connectivity index (χ1n) is 16.6. The van der Waals surface area contributed by atoms with Gasteiger partial charge in [0.15, 0.2) is 5.82 Å². The van der Waals surface area contributed by atoms with Gasteiger partial charge in [0, 0.05) is 36.9 Å². The Balaban J connectivity index is 1.16. The normalized spacial score (nSPS) is 11.7. The number of hydrogen-bond donors (Lipinski definition) is 0. The zero-order chi connectivity index (χ0) is 32.3. The molecule has 0 aliphatic heterocycles. The summed E-state index contributed by atoms with van der Waals surface area (Å²) in [4.78, 5) is 10.5. The summed E-state index contributed by atoms with van der Waals surface area (Å²) in [5.74, 6) is 0.717. The van der Waals surface area contributed by atoms with Gasteiger partial charge < -0.3 is 0 Å². The highest BCUT2D eigenvalue weighted by Gasteiger charge is 2.17. The van der Waals surface area contributed by atoms with Crippen LogP contribution in [0.5, 0.6) is 0 Å². The van der Waals surface area contributed by atoms with Crippen LogP contribution in [0.25, 0.3) is 97.5 Å². The van der Waals surface area contributed by atoms with E-state index in [0.29, 0.717) is 5.82 Å². The van der Waals surface area contributed by atoms with Crippen molar-refractivity contribution in [2.75, 3.05) is 0 Å². The maximum atomic E-state index is 5.28. The number of fused-ring (bicyclic) bond motifs is 7. The number of hydrogen-bond acceptors (Lipinski definition) is 3. The van der Waals surface area contributed by atoms with E-state index in [1.165, 1.54) is 63.6 Å². The van der Waals surface area contributed by atoms with E-state index in [2.05, 4.69) is 152 Å². The van der Waals surface area contributed by atoms with Gasteiger partial charge in [0.2, 0.25) is 0 Å². The van der Waals surface area contributed by atoms with Crippen LogP contribution in [0.4, 0.5) is 0 Å². The van der Waals surface area contributed by atoms with Crippen molar-refractivity contribution in [1.29, 1.82) is 0 Å². The van der Waals surface area contributed by atoms with Crippen molar-refractivity contribution in [3.05, 3.63) is 170 Å². The molecule has 0 bridgehead atoms. The Hall–Kier alpha value is -6.16. The highest BCUT2D eigenvalue weighted by molar-refractivity contribution is 7.25. The van der Waals surface area contributed by atoms with Crippen LogP contribution >= 0.6 is 11.3 Å². The molecule has 10 aromatic rings. The highest BCUT2D eigenvalue weighted by atomic mass is 32.1. The molecular formula is C46H28N2S. The molecular weight excluding hydrogens is 613 g/mol. The van der Waals surface area contributed by atoms with Crippen LogP contribution in [0.2, 0.25) is 0 Å². The van der Waals surface area contributed by atoms with Crippen molar-refractivity contribution in [1.82, 2.24) is 9.97 Å². The van der Waals surface area contributed by atoms with Crippen molar-refractivity contribution in [2.45, 2.75) is 0 Å². The number of benzene rings is 8. The van der Waals surface area contributed by atoms with E-state index in [1.807, 2.05) is 29.5 Å². The monoisotopic (exact) mass is 640 g/mol. The summed E-state index contributed by atoms with van der Waals surface area (Å²) in [6.07, 6.45) is 0. The molecule has 0 aliphatic carbocycles. The fraction of sp³-hybridized carbons (Fsp3) is 0. The van der Waals surface area contributed by atoms with Gasteiger partial charge in [-0.1, -0.05) is 140 Å². The molecule has 0 aliphatic rings. The predicted molar refractivity (Wildman–Crippen MR) is 209 cm³/mol. The number of aromatic nitrogens is 2. The van der Waals surface area contributed by atoms with Crippen LogP contribution in [0.3, 0.4) is 0 Å². The van der Waals surface area contributed by atoms with Gasteiger partial charge >= 0.3 is 0 Å². The Morgan fingerprint density at radius 1 is 0.327 bits per heavy atom. The van der Waals surface area contributed by atoms with E-state index in [1.54, 1.807) is 0 Å². The van der Waals surface area contributed by atoms with Gasteiger partial charge in [0.25, 0.3) is 0 Å². The molecule has 3 heteroatoms. The zero-order valence-corrected chi connectivity index (χ0v) is 27.3. The maximum Gasteiger partial charge on any atom is 0.160 e. The molecule has 228 valence electrons. The van der Waals surface area contributed by atoms with Crippen molar-refractivity contribution in [3.63, 3.8) is 0 Å². The largest absolute Gasteiger partial charge is 0.228 e. The second-order valence-corrected chi connectivity index (χ2v) is 13.7. The topological polar surface area (TPSA) is 25.8 Å². The van der Waals surface area contributed by atoms with Crippen LogP contribution in [0.1, 0.15) is 0 Å². The highest BCUT2D eigenvalue weighted by Crippen LogP contribution is 2.41. The Morgan fingerprint density at radius 2 is 0.980 bits per heavy atom. The minimum Gasteiger partial charge on any atom is -0.228 e. The molecule has 2 aromatic heterocycles. The molecule has 8 aromatic carbocycles. The summed E-state index contributed by atoms with van der Waals surface area (Å²) in [5, 5.41) is 9.90. The molecule has 0 atom stereocenters. The Kier molecular flexibility index (Phi) is 6.39. The molecule has 0 fully saturated rings. The molecule has 0 saturated carbocycles. The Bertz CT molecular complexity index is 2870. The van der Waals surface area contributed by atoms with Crippen LogP contribution in [0, 0.1) is 0 Å². The first-order chi connectivity index (χ1) is 24.3. The van der Waals surface area contributed by atoms with Crippen molar-refractivity contribution in [3.8, 4) is 45.0 Å². The van der Waals surface area contributed by atoms with E-state index in [-0.39, 0.29) is 0 Å². The van der Waals surface area contributed by atoms with Gasteiger partial charge in [0.05, 0.1) is 11.4 Å². The fourth-order valence-corrected chi connectivity index (χ4v) is 8.36. The Labute approximate surface area is 287 Å². The maximum absolute atomic E-state index is 5.28. The zero-order valence-electron chi connectivity index (χ0n) is 26.5. The third-order valence-electron chi connectivity index (χ3n) is 9.67. The smallest absolute Gasteiger partial charge is 0.160 e. The first kappa shape index (κ1) is 27.9. The summed E-state index contributed by atoms with van der Waals surface area (Å²) < 4.78 is 2.64. The van der Waals surface area contributed by atoms with E-state index >= 15 is 0 Å².